The Morgan fingerprint density at radius 3 is 2.66 bits per heavy atom. The first-order chi connectivity index (χ1) is 18.4. The van der Waals surface area contributed by atoms with Gasteiger partial charge in [0.1, 0.15) is 23.4 Å². The molecule has 0 saturated carbocycles. The molecule has 1 amide bonds. The summed E-state index contributed by atoms with van der Waals surface area (Å²) >= 11 is 6.18. The van der Waals surface area contributed by atoms with E-state index >= 15 is 0 Å². The summed E-state index contributed by atoms with van der Waals surface area (Å²) < 4.78 is 24.1. The molecule has 6 rings (SSSR count). The number of aromatic nitrogens is 2. The zero-order chi connectivity index (χ0) is 26.4. The molecule has 0 spiro atoms. The summed E-state index contributed by atoms with van der Waals surface area (Å²) in [5.74, 6) is 1.08. The molecule has 1 aliphatic heterocycles. The summed E-state index contributed by atoms with van der Waals surface area (Å²) in [7, 11) is 1.49. The van der Waals surface area contributed by atoms with Crippen molar-refractivity contribution in [3.05, 3.63) is 92.1 Å². The topological polar surface area (TPSA) is 114 Å². The zero-order valence-electron chi connectivity index (χ0n) is 20.0. The Balaban J connectivity index is 1.44. The molecule has 1 aliphatic rings. The SMILES string of the molecule is COc1ccc(NC(=O)Cn2c(=O)n(Cc3ccc4c(c3)OCO4)c(=O)c3oc4ccccc4c32)cc1Cl. The fourth-order valence-electron chi connectivity index (χ4n) is 4.49. The van der Waals surface area contributed by atoms with E-state index in [2.05, 4.69) is 5.32 Å². The summed E-state index contributed by atoms with van der Waals surface area (Å²) in [6.07, 6.45) is 0. The lowest BCUT2D eigenvalue weighted by atomic mass is 10.2. The summed E-state index contributed by atoms with van der Waals surface area (Å²) in [6.45, 7) is -0.327. The van der Waals surface area contributed by atoms with Crippen LogP contribution in [0.2, 0.25) is 5.02 Å². The van der Waals surface area contributed by atoms with Gasteiger partial charge in [0.05, 0.1) is 18.7 Å². The van der Waals surface area contributed by atoms with Crippen LogP contribution in [0.25, 0.3) is 22.1 Å². The molecule has 192 valence electrons. The van der Waals surface area contributed by atoms with Gasteiger partial charge in [0.15, 0.2) is 11.5 Å². The number of ether oxygens (including phenoxy) is 3. The van der Waals surface area contributed by atoms with Gasteiger partial charge in [0, 0.05) is 11.1 Å². The highest BCUT2D eigenvalue weighted by Gasteiger charge is 2.22. The number of fused-ring (bicyclic) bond motifs is 4. The number of para-hydroxylation sites is 1. The fraction of sp³-hybridized carbons (Fsp3) is 0.148. The highest BCUT2D eigenvalue weighted by Crippen LogP contribution is 2.33. The van der Waals surface area contributed by atoms with Gasteiger partial charge in [-0.1, -0.05) is 29.8 Å². The minimum absolute atomic E-state index is 0.0214. The third-order valence-electron chi connectivity index (χ3n) is 6.26. The third-order valence-corrected chi connectivity index (χ3v) is 6.55. The molecule has 0 bridgehead atoms. The number of furan rings is 1. The number of hydrogen-bond donors (Lipinski definition) is 1. The number of rotatable bonds is 6. The van der Waals surface area contributed by atoms with E-state index < -0.39 is 17.2 Å². The van der Waals surface area contributed by atoms with E-state index in [1.165, 1.54) is 11.7 Å². The van der Waals surface area contributed by atoms with Gasteiger partial charge in [0.2, 0.25) is 18.3 Å². The van der Waals surface area contributed by atoms with Gasteiger partial charge in [-0.05, 0) is 48.0 Å². The van der Waals surface area contributed by atoms with Gasteiger partial charge in [0.25, 0.3) is 5.56 Å². The predicted molar refractivity (Wildman–Crippen MR) is 141 cm³/mol. The molecule has 0 saturated heterocycles. The molecule has 0 radical (unpaired) electrons. The lowest BCUT2D eigenvalue weighted by Gasteiger charge is -2.13. The summed E-state index contributed by atoms with van der Waals surface area (Å²) in [6, 6.07) is 16.9. The normalized spacial score (nSPS) is 12.3. The van der Waals surface area contributed by atoms with Crippen LogP contribution in [-0.2, 0) is 17.9 Å². The van der Waals surface area contributed by atoms with E-state index in [1.54, 1.807) is 60.7 Å². The Bertz CT molecular complexity index is 1850. The first-order valence-corrected chi connectivity index (χ1v) is 12.0. The van der Waals surface area contributed by atoms with Crippen LogP contribution < -0.4 is 30.8 Å². The zero-order valence-corrected chi connectivity index (χ0v) is 20.8. The molecule has 3 aromatic carbocycles. The first-order valence-electron chi connectivity index (χ1n) is 11.6. The van der Waals surface area contributed by atoms with Crippen molar-refractivity contribution in [3.63, 3.8) is 0 Å². The van der Waals surface area contributed by atoms with Crippen LogP contribution in [0.4, 0.5) is 5.69 Å². The number of halogens is 1. The lowest BCUT2D eigenvalue weighted by molar-refractivity contribution is -0.116. The smallest absolute Gasteiger partial charge is 0.332 e. The average molecular weight is 534 g/mol. The molecular formula is C27H20ClN3O7. The number of methoxy groups -OCH3 is 1. The molecule has 3 heterocycles. The van der Waals surface area contributed by atoms with Crippen LogP contribution in [0.3, 0.4) is 0 Å². The number of nitrogens with one attached hydrogen (secondary N) is 1. The highest BCUT2D eigenvalue weighted by atomic mass is 35.5. The van der Waals surface area contributed by atoms with E-state index in [4.69, 9.17) is 30.2 Å². The summed E-state index contributed by atoms with van der Waals surface area (Å²) in [4.78, 5) is 40.3. The molecule has 10 nitrogen and oxygen atoms in total. The Hall–Kier alpha value is -4.70. The van der Waals surface area contributed by atoms with Gasteiger partial charge >= 0.3 is 5.69 Å². The summed E-state index contributed by atoms with van der Waals surface area (Å²) in [5, 5.41) is 3.61. The first kappa shape index (κ1) is 23.7. The van der Waals surface area contributed by atoms with Gasteiger partial charge in [-0.2, -0.15) is 0 Å². The van der Waals surface area contributed by atoms with Crippen molar-refractivity contribution in [3.8, 4) is 17.2 Å². The van der Waals surface area contributed by atoms with Crippen molar-refractivity contribution < 1.29 is 23.4 Å². The van der Waals surface area contributed by atoms with E-state index in [9.17, 15) is 14.4 Å². The number of anilines is 1. The Labute approximate surface area is 219 Å². The second-order valence-electron chi connectivity index (χ2n) is 8.62. The quantitative estimate of drug-likeness (QED) is 0.351. The molecule has 1 N–H and O–H groups in total. The number of benzene rings is 3. The Morgan fingerprint density at radius 2 is 1.84 bits per heavy atom. The van der Waals surface area contributed by atoms with Crippen molar-refractivity contribution in [1.29, 1.82) is 0 Å². The molecule has 0 fully saturated rings. The van der Waals surface area contributed by atoms with E-state index in [0.29, 0.717) is 44.5 Å². The van der Waals surface area contributed by atoms with Gasteiger partial charge in [-0.25, -0.2) is 4.79 Å². The van der Waals surface area contributed by atoms with E-state index in [0.717, 1.165) is 4.57 Å². The van der Waals surface area contributed by atoms with Crippen molar-refractivity contribution in [1.82, 2.24) is 9.13 Å². The second-order valence-corrected chi connectivity index (χ2v) is 9.03. The third kappa shape index (κ3) is 4.04. The minimum atomic E-state index is -0.658. The van der Waals surface area contributed by atoms with Gasteiger partial charge < -0.3 is 23.9 Å². The van der Waals surface area contributed by atoms with Crippen LogP contribution in [-0.4, -0.2) is 28.9 Å². The number of amides is 1. The maximum absolute atomic E-state index is 13.7. The molecule has 5 aromatic rings. The molecule has 0 atom stereocenters. The average Bonchev–Trinajstić information content (AvgIpc) is 3.54. The van der Waals surface area contributed by atoms with Crippen molar-refractivity contribution in [2.45, 2.75) is 13.1 Å². The lowest BCUT2D eigenvalue weighted by Crippen LogP contribution is -2.41. The molecule has 38 heavy (non-hydrogen) atoms. The highest BCUT2D eigenvalue weighted by molar-refractivity contribution is 6.32. The van der Waals surface area contributed by atoms with Crippen LogP contribution in [0.1, 0.15) is 5.56 Å². The van der Waals surface area contributed by atoms with Crippen LogP contribution in [0.15, 0.2) is 74.7 Å². The minimum Gasteiger partial charge on any atom is -0.495 e. The van der Waals surface area contributed by atoms with Gasteiger partial charge in [-0.15, -0.1) is 0 Å². The fourth-order valence-corrected chi connectivity index (χ4v) is 4.75. The number of hydrogen-bond acceptors (Lipinski definition) is 7. The summed E-state index contributed by atoms with van der Waals surface area (Å²) in [5.41, 5.74) is 0.471. The van der Waals surface area contributed by atoms with Gasteiger partial charge in [-0.3, -0.25) is 18.7 Å². The second kappa shape index (κ2) is 9.31. The molecule has 0 aliphatic carbocycles. The number of nitrogens with zero attached hydrogens (tertiary/aromatic N) is 2. The number of carbonyl (C=O) groups is 1. The molecule has 0 unspecified atom stereocenters. The van der Waals surface area contributed by atoms with Crippen molar-refractivity contribution in [2.75, 3.05) is 19.2 Å². The molecule has 11 heteroatoms. The molecule has 2 aromatic heterocycles. The van der Waals surface area contributed by atoms with E-state index in [-0.39, 0.29) is 31.0 Å². The van der Waals surface area contributed by atoms with Crippen LogP contribution in [0, 0.1) is 0 Å². The maximum Gasteiger partial charge on any atom is 0.332 e. The Kier molecular flexibility index (Phi) is 5.80. The standard InChI is InChI=1S/C27H20ClN3O7/c1-35-20-9-7-16(11-18(20)28)29-23(32)13-30-24-17-4-2-3-5-19(17)38-25(24)26(33)31(27(30)34)12-15-6-8-21-22(10-15)37-14-36-21/h2-11H,12-14H2,1H3,(H,29,32). The van der Waals surface area contributed by atoms with Crippen molar-refractivity contribution >= 4 is 45.3 Å². The number of carbonyl (C=O) groups excluding carboxylic acids is 1. The predicted octanol–water partition coefficient (Wildman–Crippen LogP) is 3.99. The molecular weight excluding hydrogens is 514 g/mol. The largest absolute Gasteiger partial charge is 0.495 e. The van der Waals surface area contributed by atoms with Crippen molar-refractivity contribution in [2.24, 2.45) is 0 Å². The Morgan fingerprint density at radius 1 is 1.03 bits per heavy atom. The maximum atomic E-state index is 13.7. The van der Waals surface area contributed by atoms with Crippen LogP contribution in [0.5, 0.6) is 17.2 Å². The monoisotopic (exact) mass is 533 g/mol. The van der Waals surface area contributed by atoms with Crippen LogP contribution >= 0.6 is 11.6 Å². The van der Waals surface area contributed by atoms with E-state index in [1.807, 2.05) is 0 Å².